The third kappa shape index (κ3) is 5.21. The normalized spacial score (nSPS) is 14.4. The van der Waals surface area contributed by atoms with E-state index in [0.717, 1.165) is 25.0 Å². The van der Waals surface area contributed by atoms with Crippen LogP contribution in [0.25, 0.3) is 0 Å². The van der Waals surface area contributed by atoms with Gasteiger partial charge in [-0.25, -0.2) is 8.42 Å². The number of aromatic nitrogens is 1. The number of hydrogen-bond donors (Lipinski definition) is 1. The van der Waals surface area contributed by atoms with Gasteiger partial charge in [0.1, 0.15) is 0 Å². The third-order valence-corrected chi connectivity index (χ3v) is 7.51. The van der Waals surface area contributed by atoms with E-state index in [1.54, 1.807) is 36.4 Å². The summed E-state index contributed by atoms with van der Waals surface area (Å²) >= 11 is 0. The Hall–Kier alpha value is -3.43. The number of pyridine rings is 1. The molecule has 2 heterocycles. The molecule has 0 unspecified atom stereocenters. The Bertz CT molecular complexity index is 1270. The van der Waals surface area contributed by atoms with Gasteiger partial charge in [0, 0.05) is 25.0 Å². The zero-order valence-corrected chi connectivity index (χ0v) is 20.0. The molecule has 3 aromatic rings. The monoisotopic (exact) mass is 481 g/mol. The second kappa shape index (κ2) is 10.2. The number of amides is 1. The molecular formula is C25H27N3O5S. The maximum atomic E-state index is 13.2. The molecule has 0 atom stereocenters. The minimum atomic E-state index is -3.70. The zero-order valence-electron chi connectivity index (χ0n) is 19.2. The van der Waals surface area contributed by atoms with Crippen LogP contribution < -0.4 is 14.8 Å². The number of piperidine rings is 1. The molecule has 2 aromatic carbocycles. The van der Waals surface area contributed by atoms with Crippen LogP contribution in [-0.4, -0.2) is 43.8 Å². The molecule has 1 aliphatic heterocycles. The number of rotatable bonds is 7. The van der Waals surface area contributed by atoms with Gasteiger partial charge in [-0.05, 0) is 62.2 Å². The molecule has 4 rings (SSSR count). The number of nitrogens with zero attached hydrogens (tertiary/aromatic N) is 2. The van der Waals surface area contributed by atoms with Gasteiger partial charge in [-0.2, -0.15) is 4.31 Å². The molecule has 9 heteroatoms. The molecule has 0 bridgehead atoms. The first-order valence-corrected chi connectivity index (χ1v) is 12.5. The fourth-order valence-corrected chi connectivity index (χ4v) is 5.27. The molecule has 1 aromatic heterocycles. The standard InChI is InChI=1S/C25H27N3O5S/c1-18-10-11-19(17-26-18)25(29)27-21-16-20(34(30,31)28-14-6-3-7-15-28)12-13-22(21)33-24-9-5-4-8-23(24)32-2/h4-5,8-13,16-17H,3,6-7,14-15H2,1-2H3,(H,27,29). The van der Waals surface area contributed by atoms with Gasteiger partial charge in [-0.1, -0.05) is 18.6 Å². The second-order valence-electron chi connectivity index (χ2n) is 8.02. The summed E-state index contributed by atoms with van der Waals surface area (Å²) in [6, 6.07) is 15.0. The van der Waals surface area contributed by atoms with Crippen molar-refractivity contribution in [1.82, 2.24) is 9.29 Å². The molecule has 0 radical (unpaired) electrons. The molecule has 8 nitrogen and oxygen atoms in total. The van der Waals surface area contributed by atoms with Crippen molar-refractivity contribution in [3.63, 3.8) is 0 Å². The summed E-state index contributed by atoms with van der Waals surface area (Å²) in [4.78, 5) is 17.2. The van der Waals surface area contributed by atoms with Crippen molar-refractivity contribution in [2.75, 3.05) is 25.5 Å². The molecule has 0 saturated carbocycles. The van der Waals surface area contributed by atoms with Crippen LogP contribution in [0.4, 0.5) is 5.69 Å². The van der Waals surface area contributed by atoms with Gasteiger partial charge in [0.05, 0.1) is 23.3 Å². The lowest BCUT2D eigenvalue weighted by Gasteiger charge is -2.26. The van der Waals surface area contributed by atoms with Gasteiger partial charge in [0.15, 0.2) is 17.2 Å². The number of carbonyl (C=O) groups excluding carboxylic acids is 1. The van der Waals surface area contributed by atoms with E-state index in [-0.39, 0.29) is 16.3 Å². The number of sulfonamides is 1. The maximum absolute atomic E-state index is 13.2. The van der Waals surface area contributed by atoms with Crippen molar-refractivity contribution in [1.29, 1.82) is 0 Å². The average molecular weight is 482 g/mol. The minimum absolute atomic E-state index is 0.0964. The summed E-state index contributed by atoms with van der Waals surface area (Å²) in [5.41, 5.74) is 1.36. The number of para-hydroxylation sites is 2. The summed E-state index contributed by atoms with van der Waals surface area (Å²) in [5, 5.41) is 2.79. The highest BCUT2D eigenvalue weighted by Crippen LogP contribution is 2.37. The van der Waals surface area contributed by atoms with Crippen LogP contribution >= 0.6 is 0 Å². The van der Waals surface area contributed by atoms with Crippen molar-refractivity contribution in [2.45, 2.75) is 31.1 Å². The number of methoxy groups -OCH3 is 1. The van der Waals surface area contributed by atoms with E-state index in [1.165, 1.54) is 29.7 Å². The highest BCUT2D eigenvalue weighted by Gasteiger charge is 2.27. The van der Waals surface area contributed by atoms with E-state index < -0.39 is 15.9 Å². The number of anilines is 1. The smallest absolute Gasteiger partial charge is 0.257 e. The van der Waals surface area contributed by atoms with Crippen LogP contribution in [0.3, 0.4) is 0 Å². The minimum Gasteiger partial charge on any atom is -0.493 e. The van der Waals surface area contributed by atoms with Gasteiger partial charge >= 0.3 is 0 Å². The van der Waals surface area contributed by atoms with Crippen LogP contribution in [-0.2, 0) is 10.0 Å². The average Bonchev–Trinajstić information content (AvgIpc) is 2.86. The first-order valence-electron chi connectivity index (χ1n) is 11.1. The lowest BCUT2D eigenvalue weighted by Crippen LogP contribution is -2.35. The number of benzene rings is 2. The third-order valence-electron chi connectivity index (χ3n) is 5.61. The molecule has 0 spiro atoms. The Morgan fingerprint density at radius 2 is 1.71 bits per heavy atom. The largest absolute Gasteiger partial charge is 0.493 e. The summed E-state index contributed by atoms with van der Waals surface area (Å²) in [5.74, 6) is 0.803. The predicted octanol–water partition coefficient (Wildman–Crippen LogP) is 4.62. The Morgan fingerprint density at radius 1 is 0.971 bits per heavy atom. The summed E-state index contributed by atoms with van der Waals surface area (Å²) < 4.78 is 39.4. The molecule has 1 amide bonds. The number of nitrogens with one attached hydrogen (secondary N) is 1. The zero-order chi connectivity index (χ0) is 24.1. The summed E-state index contributed by atoms with van der Waals surface area (Å²) in [6.45, 7) is 2.80. The Morgan fingerprint density at radius 3 is 2.38 bits per heavy atom. The van der Waals surface area contributed by atoms with Crippen molar-refractivity contribution < 1.29 is 22.7 Å². The molecule has 1 aliphatic rings. The van der Waals surface area contributed by atoms with Crippen molar-refractivity contribution in [2.24, 2.45) is 0 Å². The van der Waals surface area contributed by atoms with Crippen molar-refractivity contribution >= 4 is 21.6 Å². The molecule has 1 fully saturated rings. The fourth-order valence-electron chi connectivity index (χ4n) is 3.73. The van der Waals surface area contributed by atoms with Gasteiger partial charge in [-0.3, -0.25) is 9.78 Å². The van der Waals surface area contributed by atoms with Crippen molar-refractivity contribution in [3.05, 3.63) is 72.1 Å². The number of ether oxygens (including phenoxy) is 2. The van der Waals surface area contributed by atoms with E-state index in [0.29, 0.717) is 30.2 Å². The van der Waals surface area contributed by atoms with Gasteiger partial charge < -0.3 is 14.8 Å². The quantitative estimate of drug-likeness (QED) is 0.529. The van der Waals surface area contributed by atoms with E-state index >= 15 is 0 Å². The Kier molecular flexibility index (Phi) is 7.14. The Labute approximate surface area is 199 Å². The van der Waals surface area contributed by atoms with Crippen LogP contribution in [0.5, 0.6) is 17.2 Å². The first kappa shape index (κ1) is 23.7. The van der Waals surface area contributed by atoms with Gasteiger partial charge in [-0.15, -0.1) is 0 Å². The van der Waals surface area contributed by atoms with Crippen LogP contribution in [0.15, 0.2) is 65.7 Å². The molecule has 34 heavy (non-hydrogen) atoms. The van der Waals surface area contributed by atoms with Crippen molar-refractivity contribution in [3.8, 4) is 17.2 Å². The second-order valence-corrected chi connectivity index (χ2v) is 9.96. The Balaban J connectivity index is 1.71. The SMILES string of the molecule is COc1ccccc1Oc1ccc(S(=O)(=O)N2CCCCC2)cc1NC(=O)c1ccc(C)nc1. The fraction of sp³-hybridized carbons (Fsp3) is 0.280. The molecular weight excluding hydrogens is 454 g/mol. The molecule has 0 aliphatic carbocycles. The first-order chi connectivity index (χ1) is 16.4. The number of hydrogen-bond acceptors (Lipinski definition) is 6. The van der Waals surface area contributed by atoms with E-state index in [1.807, 2.05) is 13.0 Å². The van der Waals surface area contributed by atoms with Crippen LogP contribution in [0, 0.1) is 6.92 Å². The van der Waals surface area contributed by atoms with Crippen LogP contribution in [0.2, 0.25) is 0 Å². The predicted molar refractivity (Wildman–Crippen MR) is 129 cm³/mol. The summed E-state index contributed by atoms with van der Waals surface area (Å²) in [7, 11) is -2.17. The van der Waals surface area contributed by atoms with E-state index in [9.17, 15) is 13.2 Å². The van der Waals surface area contributed by atoms with Gasteiger partial charge in [0.2, 0.25) is 10.0 Å². The number of aryl methyl sites for hydroxylation is 1. The molecule has 178 valence electrons. The van der Waals surface area contributed by atoms with Gasteiger partial charge in [0.25, 0.3) is 5.91 Å². The lowest BCUT2D eigenvalue weighted by atomic mass is 10.2. The van der Waals surface area contributed by atoms with E-state index in [4.69, 9.17) is 9.47 Å². The maximum Gasteiger partial charge on any atom is 0.257 e. The molecule has 1 saturated heterocycles. The highest BCUT2D eigenvalue weighted by molar-refractivity contribution is 7.89. The van der Waals surface area contributed by atoms with E-state index in [2.05, 4.69) is 10.3 Å². The summed E-state index contributed by atoms with van der Waals surface area (Å²) in [6.07, 6.45) is 4.15. The topological polar surface area (TPSA) is 97.8 Å². The van der Waals surface area contributed by atoms with Crippen LogP contribution in [0.1, 0.15) is 35.3 Å². The lowest BCUT2D eigenvalue weighted by molar-refractivity contribution is 0.102. The highest BCUT2D eigenvalue weighted by atomic mass is 32.2. The molecule has 1 N–H and O–H groups in total. The number of carbonyl (C=O) groups is 1.